The van der Waals surface area contributed by atoms with Gasteiger partial charge in [-0.25, -0.2) is 0 Å². The Morgan fingerprint density at radius 2 is 2.11 bits per heavy atom. The molecule has 44 valence electrons. The maximum atomic E-state index is 5.51. The van der Waals surface area contributed by atoms with Crippen LogP contribution < -0.4 is 17.0 Å². The van der Waals surface area contributed by atoms with E-state index in [0.717, 1.165) is 5.02 Å². The third kappa shape index (κ3) is 5.08. The first-order valence-electron chi connectivity index (χ1n) is 2.01. The predicted octanol–water partition coefficient (Wildman–Crippen LogP) is -0.858. The monoisotopic (exact) mass is 254 g/mol. The molecule has 0 saturated heterocycles. The molecule has 1 rings (SSSR count). The molecule has 0 atom stereocenters. The van der Waals surface area contributed by atoms with E-state index in [-0.39, 0.29) is 36.5 Å². The molecular formula is C6H4BrClZn. The van der Waals surface area contributed by atoms with Crippen LogP contribution in [0.3, 0.4) is 0 Å². The summed E-state index contributed by atoms with van der Waals surface area (Å²) in [5, 5.41) is 0.738. The molecule has 0 aliphatic rings. The Balaban J connectivity index is 0. The molecule has 3 heteroatoms. The number of rotatable bonds is 0. The fourth-order valence-electron chi connectivity index (χ4n) is 0.371. The fraction of sp³-hybridized carbons (Fsp3) is 0. The smallest absolute Gasteiger partial charge is 1.00 e. The first kappa shape index (κ1) is 12.3. The number of hydrogen-bond donors (Lipinski definition) is 0. The quantitative estimate of drug-likeness (QED) is 0.419. The van der Waals surface area contributed by atoms with E-state index in [1.54, 1.807) is 6.07 Å². The van der Waals surface area contributed by atoms with Gasteiger partial charge in [0.1, 0.15) is 0 Å². The van der Waals surface area contributed by atoms with Crippen LogP contribution in [0.1, 0.15) is 0 Å². The second kappa shape index (κ2) is 6.73. The van der Waals surface area contributed by atoms with Gasteiger partial charge in [0, 0.05) is 0 Å². The third-order valence-corrected chi connectivity index (χ3v) is 0.904. The second-order valence-electron chi connectivity index (χ2n) is 1.22. The van der Waals surface area contributed by atoms with E-state index in [9.17, 15) is 0 Å². The van der Waals surface area contributed by atoms with E-state index >= 15 is 0 Å². The fourth-order valence-corrected chi connectivity index (χ4v) is 0.507. The summed E-state index contributed by atoms with van der Waals surface area (Å²) in [6.45, 7) is 0. The van der Waals surface area contributed by atoms with Gasteiger partial charge in [0.2, 0.25) is 0 Å². The van der Waals surface area contributed by atoms with Gasteiger partial charge in [0.25, 0.3) is 0 Å². The number of halogens is 2. The molecule has 1 aromatic rings. The van der Waals surface area contributed by atoms with Gasteiger partial charge in [-0.05, 0) is 0 Å². The van der Waals surface area contributed by atoms with E-state index < -0.39 is 0 Å². The zero-order chi connectivity index (χ0) is 5.11. The van der Waals surface area contributed by atoms with Crippen molar-refractivity contribution in [2.75, 3.05) is 0 Å². The summed E-state index contributed by atoms with van der Waals surface area (Å²) >= 11 is 5.51. The standard InChI is InChI=1S/C6H4Cl.BrH.Zn/c7-6-4-2-1-3-5-6;;/h1-2,4-5H;1H;/q-1;;+2/p-1. The molecule has 0 fully saturated rings. The first-order chi connectivity index (χ1) is 3.39. The van der Waals surface area contributed by atoms with Crippen molar-refractivity contribution in [3.8, 4) is 0 Å². The molecule has 0 bridgehead atoms. The zero-order valence-corrected chi connectivity index (χ0v) is 10.1. The molecule has 0 saturated carbocycles. The normalized spacial score (nSPS) is 6.78. The van der Waals surface area contributed by atoms with Crippen LogP contribution in [0.25, 0.3) is 0 Å². The van der Waals surface area contributed by atoms with Crippen LogP contribution in [0.4, 0.5) is 0 Å². The van der Waals surface area contributed by atoms with Gasteiger partial charge in [0.15, 0.2) is 0 Å². The average Bonchev–Trinajstić information content (AvgIpc) is 1.69. The van der Waals surface area contributed by atoms with Crippen molar-refractivity contribution >= 4 is 11.6 Å². The molecule has 0 spiro atoms. The van der Waals surface area contributed by atoms with Gasteiger partial charge >= 0.3 is 19.5 Å². The van der Waals surface area contributed by atoms with E-state index in [1.165, 1.54) is 0 Å². The number of benzene rings is 1. The third-order valence-electron chi connectivity index (χ3n) is 0.669. The first-order valence-corrected chi connectivity index (χ1v) is 2.39. The van der Waals surface area contributed by atoms with Gasteiger partial charge in [-0.1, -0.05) is 5.02 Å². The Bertz CT molecular complexity index is 143. The summed E-state index contributed by atoms with van der Waals surface area (Å²) in [5.74, 6) is 0. The molecular weight excluding hydrogens is 253 g/mol. The molecule has 0 amide bonds. The Morgan fingerprint density at radius 3 is 2.33 bits per heavy atom. The van der Waals surface area contributed by atoms with Crippen LogP contribution in [0.15, 0.2) is 24.3 Å². The van der Waals surface area contributed by atoms with Gasteiger partial charge < -0.3 is 17.0 Å². The second-order valence-corrected chi connectivity index (χ2v) is 1.66. The van der Waals surface area contributed by atoms with Crippen LogP contribution in [0.2, 0.25) is 5.02 Å². The predicted molar refractivity (Wildman–Crippen MR) is 30.3 cm³/mol. The van der Waals surface area contributed by atoms with E-state index in [0.29, 0.717) is 0 Å². The summed E-state index contributed by atoms with van der Waals surface area (Å²) < 4.78 is 0. The summed E-state index contributed by atoms with van der Waals surface area (Å²) in [7, 11) is 0. The molecule has 0 unspecified atom stereocenters. The van der Waals surface area contributed by atoms with Crippen molar-refractivity contribution in [1.82, 2.24) is 0 Å². The molecule has 0 nitrogen and oxygen atoms in total. The Kier molecular flexibility index (Phi) is 9.20. The minimum Gasteiger partial charge on any atom is -1.00 e. The maximum Gasteiger partial charge on any atom is 2.00 e. The van der Waals surface area contributed by atoms with Crippen molar-refractivity contribution in [2.45, 2.75) is 0 Å². The molecule has 0 N–H and O–H groups in total. The van der Waals surface area contributed by atoms with Gasteiger partial charge in [-0.2, -0.15) is 41.9 Å². The minimum absolute atomic E-state index is 0. The molecule has 0 heterocycles. The summed E-state index contributed by atoms with van der Waals surface area (Å²) in [6, 6.07) is 10.0. The van der Waals surface area contributed by atoms with Crippen molar-refractivity contribution in [2.24, 2.45) is 0 Å². The maximum absolute atomic E-state index is 5.51. The van der Waals surface area contributed by atoms with Crippen LogP contribution in [-0.2, 0) is 19.5 Å². The van der Waals surface area contributed by atoms with Crippen molar-refractivity contribution in [1.29, 1.82) is 0 Å². The topological polar surface area (TPSA) is 0 Å². The largest absolute Gasteiger partial charge is 2.00 e. The average molecular weight is 257 g/mol. The summed E-state index contributed by atoms with van der Waals surface area (Å²) in [4.78, 5) is 0. The molecule has 1 aromatic carbocycles. The minimum atomic E-state index is 0. The zero-order valence-electron chi connectivity index (χ0n) is 4.77. The molecule has 9 heavy (non-hydrogen) atoms. The van der Waals surface area contributed by atoms with Gasteiger partial charge in [-0.15, -0.1) is 0 Å². The number of hydrogen-bond acceptors (Lipinski definition) is 0. The van der Waals surface area contributed by atoms with Crippen molar-refractivity contribution in [3.63, 3.8) is 0 Å². The van der Waals surface area contributed by atoms with Crippen molar-refractivity contribution < 1.29 is 36.5 Å². The SMILES string of the molecule is Clc1c[c-]ccc1.[Br-].[Zn+2]. The van der Waals surface area contributed by atoms with Gasteiger partial charge in [0.05, 0.1) is 0 Å². The van der Waals surface area contributed by atoms with Crippen LogP contribution in [0.5, 0.6) is 0 Å². The van der Waals surface area contributed by atoms with E-state index in [1.807, 2.05) is 18.2 Å². The van der Waals surface area contributed by atoms with Gasteiger partial charge in [-0.3, -0.25) is 0 Å². The molecule has 0 aliphatic heterocycles. The summed E-state index contributed by atoms with van der Waals surface area (Å²) in [6.07, 6.45) is 0. The molecule has 0 aromatic heterocycles. The van der Waals surface area contributed by atoms with Crippen LogP contribution in [-0.4, -0.2) is 0 Å². The van der Waals surface area contributed by atoms with Crippen molar-refractivity contribution in [3.05, 3.63) is 35.4 Å². The van der Waals surface area contributed by atoms with Crippen LogP contribution >= 0.6 is 11.6 Å². The Labute approximate surface area is 83.1 Å². The molecule has 0 aliphatic carbocycles. The Hall–Kier alpha value is 0.613. The summed E-state index contributed by atoms with van der Waals surface area (Å²) in [5.41, 5.74) is 0. The Morgan fingerprint density at radius 1 is 1.44 bits per heavy atom. The van der Waals surface area contributed by atoms with E-state index in [4.69, 9.17) is 11.6 Å². The van der Waals surface area contributed by atoms with Crippen LogP contribution in [0, 0.1) is 6.07 Å². The molecule has 0 radical (unpaired) electrons. The van der Waals surface area contributed by atoms with E-state index in [2.05, 4.69) is 6.07 Å².